The van der Waals surface area contributed by atoms with Crippen LogP contribution in [0.15, 0.2) is 66.3 Å². The van der Waals surface area contributed by atoms with Crippen molar-refractivity contribution in [3.63, 3.8) is 0 Å². The third-order valence-corrected chi connectivity index (χ3v) is 4.98. The van der Waals surface area contributed by atoms with Gasteiger partial charge in [-0.1, -0.05) is 18.2 Å². The van der Waals surface area contributed by atoms with E-state index in [2.05, 4.69) is 15.4 Å². The summed E-state index contributed by atoms with van der Waals surface area (Å²) in [5, 5.41) is 9.83. The van der Waals surface area contributed by atoms with Gasteiger partial charge in [-0.05, 0) is 30.3 Å². The van der Waals surface area contributed by atoms with Gasteiger partial charge in [0.1, 0.15) is 17.2 Å². The first kappa shape index (κ1) is 18.7. The lowest BCUT2D eigenvalue weighted by Gasteiger charge is -2.10. The molecule has 8 heteroatoms. The van der Waals surface area contributed by atoms with E-state index in [0.29, 0.717) is 33.5 Å². The van der Waals surface area contributed by atoms with Gasteiger partial charge in [-0.3, -0.25) is 10.1 Å². The van der Waals surface area contributed by atoms with Crippen LogP contribution in [0.25, 0.3) is 16.9 Å². The normalized spacial score (nSPS) is 10.6. The maximum absolute atomic E-state index is 13.0. The Balaban J connectivity index is 1.85. The second-order valence-corrected chi connectivity index (χ2v) is 6.92. The lowest BCUT2D eigenvalue weighted by molar-refractivity contribution is 0.102. The van der Waals surface area contributed by atoms with E-state index < -0.39 is 0 Å². The first-order valence-corrected chi connectivity index (χ1v) is 9.66. The van der Waals surface area contributed by atoms with Gasteiger partial charge in [-0.15, -0.1) is 11.3 Å². The molecule has 0 aliphatic rings. The summed E-state index contributed by atoms with van der Waals surface area (Å²) in [7, 11) is 3.17. The Hall–Kier alpha value is -3.65. The van der Waals surface area contributed by atoms with E-state index in [1.165, 1.54) is 11.3 Å². The van der Waals surface area contributed by atoms with Gasteiger partial charge in [0.2, 0.25) is 0 Å². The Kier molecular flexibility index (Phi) is 5.26. The summed E-state index contributed by atoms with van der Waals surface area (Å²) < 4.78 is 12.5. The molecule has 1 N–H and O–H groups in total. The molecule has 146 valence electrons. The molecule has 0 aliphatic carbocycles. The van der Waals surface area contributed by atoms with Gasteiger partial charge >= 0.3 is 0 Å². The standard InChI is InChI=1S/C21H18N4O3S/c1-27-15-8-9-18(28-2)16(12-15)19-17(20(26)23-21-22-10-11-29-21)13-25(24-19)14-6-4-3-5-7-14/h3-13H,1-2H3,(H,22,23,26). The van der Waals surface area contributed by atoms with Gasteiger partial charge in [0.05, 0.1) is 25.5 Å². The van der Waals surface area contributed by atoms with Crippen molar-refractivity contribution in [1.82, 2.24) is 14.8 Å². The molecule has 0 radical (unpaired) electrons. The zero-order valence-electron chi connectivity index (χ0n) is 15.8. The van der Waals surface area contributed by atoms with E-state index in [4.69, 9.17) is 9.47 Å². The van der Waals surface area contributed by atoms with Gasteiger partial charge < -0.3 is 9.47 Å². The molecule has 29 heavy (non-hydrogen) atoms. The molecule has 2 heterocycles. The van der Waals surface area contributed by atoms with Crippen molar-refractivity contribution in [2.75, 3.05) is 19.5 Å². The maximum atomic E-state index is 13.0. The molecule has 0 fully saturated rings. The van der Waals surface area contributed by atoms with Crippen molar-refractivity contribution in [1.29, 1.82) is 0 Å². The fourth-order valence-electron chi connectivity index (χ4n) is 2.90. The van der Waals surface area contributed by atoms with Crippen LogP contribution < -0.4 is 14.8 Å². The summed E-state index contributed by atoms with van der Waals surface area (Å²) in [5.41, 5.74) is 2.38. The van der Waals surface area contributed by atoms with Crippen LogP contribution in [-0.2, 0) is 0 Å². The fourth-order valence-corrected chi connectivity index (χ4v) is 3.42. The molecule has 0 spiro atoms. The van der Waals surface area contributed by atoms with Crippen LogP contribution in [-0.4, -0.2) is 34.9 Å². The molecule has 0 atom stereocenters. The van der Waals surface area contributed by atoms with E-state index in [1.54, 1.807) is 54.9 Å². The number of ether oxygens (including phenoxy) is 2. The summed E-state index contributed by atoms with van der Waals surface area (Å²) in [4.78, 5) is 17.2. The molecular weight excluding hydrogens is 388 g/mol. The number of nitrogens with one attached hydrogen (secondary N) is 1. The summed E-state index contributed by atoms with van der Waals surface area (Å²) >= 11 is 1.35. The van der Waals surface area contributed by atoms with Crippen molar-refractivity contribution < 1.29 is 14.3 Å². The van der Waals surface area contributed by atoms with Crippen LogP contribution in [0, 0.1) is 0 Å². The van der Waals surface area contributed by atoms with E-state index in [1.807, 2.05) is 30.3 Å². The zero-order chi connectivity index (χ0) is 20.2. The Morgan fingerprint density at radius 1 is 1.10 bits per heavy atom. The number of methoxy groups -OCH3 is 2. The number of carbonyl (C=O) groups excluding carboxylic acids is 1. The molecule has 0 saturated carbocycles. The average Bonchev–Trinajstić information content (AvgIpc) is 3.44. The number of para-hydroxylation sites is 1. The number of carbonyl (C=O) groups is 1. The zero-order valence-corrected chi connectivity index (χ0v) is 16.6. The van der Waals surface area contributed by atoms with Crippen LogP contribution in [0.5, 0.6) is 11.5 Å². The van der Waals surface area contributed by atoms with Crippen molar-refractivity contribution >= 4 is 22.4 Å². The Morgan fingerprint density at radius 3 is 2.62 bits per heavy atom. The van der Waals surface area contributed by atoms with Gasteiger partial charge in [-0.2, -0.15) is 5.10 Å². The quantitative estimate of drug-likeness (QED) is 0.517. The van der Waals surface area contributed by atoms with Gasteiger partial charge in [-0.25, -0.2) is 9.67 Å². The number of hydrogen-bond acceptors (Lipinski definition) is 6. The molecule has 2 aromatic carbocycles. The highest BCUT2D eigenvalue weighted by molar-refractivity contribution is 7.13. The minimum Gasteiger partial charge on any atom is -0.497 e. The highest BCUT2D eigenvalue weighted by Crippen LogP contribution is 2.35. The van der Waals surface area contributed by atoms with Crippen LogP contribution >= 0.6 is 11.3 Å². The van der Waals surface area contributed by atoms with Crippen molar-refractivity contribution in [2.45, 2.75) is 0 Å². The number of aromatic nitrogens is 3. The average molecular weight is 406 g/mol. The summed E-state index contributed by atoms with van der Waals surface area (Å²) in [6.07, 6.45) is 3.34. The van der Waals surface area contributed by atoms with Crippen LogP contribution in [0.2, 0.25) is 0 Å². The smallest absolute Gasteiger partial charge is 0.261 e. The Labute approximate surface area is 171 Å². The second-order valence-electron chi connectivity index (χ2n) is 6.03. The molecule has 0 saturated heterocycles. The molecule has 0 bridgehead atoms. The van der Waals surface area contributed by atoms with E-state index >= 15 is 0 Å². The Morgan fingerprint density at radius 2 is 1.93 bits per heavy atom. The van der Waals surface area contributed by atoms with Crippen LogP contribution in [0.1, 0.15) is 10.4 Å². The summed E-state index contributed by atoms with van der Waals surface area (Å²) in [6, 6.07) is 15.0. The molecule has 7 nitrogen and oxygen atoms in total. The van der Waals surface area contributed by atoms with Crippen LogP contribution in [0.4, 0.5) is 5.13 Å². The number of thiazole rings is 1. The van der Waals surface area contributed by atoms with Gasteiger partial charge in [0, 0.05) is 23.3 Å². The molecular formula is C21H18N4O3S. The first-order chi connectivity index (χ1) is 14.2. The fraction of sp³-hybridized carbons (Fsp3) is 0.0952. The van der Waals surface area contributed by atoms with E-state index in [0.717, 1.165) is 5.69 Å². The number of rotatable bonds is 6. The van der Waals surface area contributed by atoms with E-state index in [9.17, 15) is 4.79 Å². The largest absolute Gasteiger partial charge is 0.497 e. The molecule has 0 aliphatic heterocycles. The molecule has 0 unspecified atom stereocenters. The number of amides is 1. The highest BCUT2D eigenvalue weighted by Gasteiger charge is 2.22. The van der Waals surface area contributed by atoms with Crippen molar-refractivity contribution in [2.24, 2.45) is 0 Å². The molecule has 2 aromatic heterocycles. The monoisotopic (exact) mass is 406 g/mol. The second kappa shape index (κ2) is 8.15. The van der Waals surface area contributed by atoms with Crippen molar-refractivity contribution in [3.05, 3.63) is 71.9 Å². The number of anilines is 1. The lowest BCUT2D eigenvalue weighted by atomic mass is 10.1. The predicted octanol–water partition coefficient (Wildman–Crippen LogP) is 4.27. The third kappa shape index (κ3) is 3.83. The minimum absolute atomic E-state index is 0.304. The Bertz CT molecular complexity index is 1120. The third-order valence-electron chi connectivity index (χ3n) is 4.29. The lowest BCUT2D eigenvalue weighted by Crippen LogP contribution is -2.12. The van der Waals surface area contributed by atoms with Gasteiger partial charge in [0.25, 0.3) is 5.91 Å². The van der Waals surface area contributed by atoms with Crippen LogP contribution in [0.3, 0.4) is 0 Å². The first-order valence-electron chi connectivity index (χ1n) is 8.78. The minimum atomic E-state index is -0.304. The number of nitrogens with zero attached hydrogens (tertiary/aromatic N) is 3. The molecule has 1 amide bonds. The number of hydrogen-bond donors (Lipinski definition) is 1. The van der Waals surface area contributed by atoms with Gasteiger partial charge in [0.15, 0.2) is 5.13 Å². The summed E-state index contributed by atoms with van der Waals surface area (Å²) in [5.74, 6) is 0.927. The number of benzene rings is 2. The summed E-state index contributed by atoms with van der Waals surface area (Å²) in [6.45, 7) is 0. The predicted molar refractivity (Wildman–Crippen MR) is 112 cm³/mol. The van der Waals surface area contributed by atoms with Crippen molar-refractivity contribution in [3.8, 4) is 28.4 Å². The molecule has 4 rings (SSSR count). The highest BCUT2D eigenvalue weighted by atomic mass is 32.1. The van der Waals surface area contributed by atoms with E-state index in [-0.39, 0.29) is 5.91 Å². The maximum Gasteiger partial charge on any atom is 0.261 e. The molecule has 4 aromatic rings. The topological polar surface area (TPSA) is 78.3 Å². The SMILES string of the molecule is COc1ccc(OC)c(-c2nn(-c3ccccc3)cc2C(=O)Nc2nccs2)c1.